The van der Waals surface area contributed by atoms with Gasteiger partial charge in [0.15, 0.2) is 0 Å². The number of nitrogens with zero attached hydrogens (tertiary/aromatic N) is 1. The van der Waals surface area contributed by atoms with Crippen molar-refractivity contribution in [2.45, 2.75) is 83.2 Å². The molecule has 1 saturated heterocycles. The predicted octanol–water partition coefficient (Wildman–Crippen LogP) is 4.61. The van der Waals surface area contributed by atoms with Crippen molar-refractivity contribution in [3.05, 3.63) is 29.8 Å². The maximum atomic E-state index is 13.3. The number of rotatable bonds is 7. The lowest BCUT2D eigenvalue weighted by atomic mass is 9.83. The second kappa shape index (κ2) is 10.7. The van der Waals surface area contributed by atoms with E-state index in [1.54, 1.807) is 7.11 Å². The van der Waals surface area contributed by atoms with Gasteiger partial charge in [0.1, 0.15) is 5.75 Å². The van der Waals surface area contributed by atoms with E-state index in [0.29, 0.717) is 19.4 Å². The Morgan fingerprint density at radius 1 is 1.10 bits per heavy atom. The Morgan fingerprint density at radius 2 is 1.79 bits per heavy atom. The van der Waals surface area contributed by atoms with Gasteiger partial charge in [-0.15, -0.1) is 0 Å². The molecular weight excluding hydrogens is 364 g/mol. The SMILES string of the molecule is CCCCN1C(=O)CC[C@@H](C(=O)NC2CCCCCC2)[C@@H]1c1ccc(OC)cc1. The average Bonchev–Trinajstić information content (AvgIpc) is 3.01. The second-order valence-electron chi connectivity index (χ2n) is 8.50. The Labute approximate surface area is 175 Å². The zero-order valence-corrected chi connectivity index (χ0v) is 18.0. The van der Waals surface area contributed by atoms with Crippen LogP contribution in [0.3, 0.4) is 0 Å². The van der Waals surface area contributed by atoms with E-state index in [0.717, 1.165) is 37.0 Å². The summed E-state index contributed by atoms with van der Waals surface area (Å²) in [5.41, 5.74) is 1.02. The highest BCUT2D eigenvalue weighted by molar-refractivity contribution is 5.85. The molecule has 2 fully saturated rings. The van der Waals surface area contributed by atoms with Crippen LogP contribution in [0.2, 0.25) is 0 Å². The molecule has 0 unspecified atom stereocenters. The lowest BCUT2D eigenvalue weighted by Gasteiger charge is -2.41. The van der Waals surface area contributed by atoms with Gasteiger partial charge in [0.25, 0.3) is 0 Å². The van der Waals surface area contributed by atoms with Crippen LogP contribution < -0.4 is 10.1 Å². The number of benzene rings is 1. The van der Waals surface area contributed by atoms with Gasteiger partial charge in [-0.3, -0.25) is 9.59 Å². The minimum Gasteiger partial charge on any atom is -0.497 e. The maximum absolute atomic E-state index is 13.3. The van der Waals surface area contributed by atoms with Gasteiger partial charge in [0.05, 0.1) is 19.1 Å². The third kappa shape index (κ3) is 5.52. The summed E-state index contributed by atoms with van der Waals surface area (Å²) in [6.07, 6.45) is 10.1. The number of amides is 2. The monoisotopic (exact) mass is 400 g/mol. The maximum Gasteiger partial charge on any atom is 0.225 e. The molecule has 1 N–H and O–H groups in total. The molecule has 1 saturated carbocycles. The van der Waals surface area contributed by atoms with Gasteiger partial charge in [0, 0.05) is 19.0 Å². The quantitative estimate of drug-likeness (QED) is 0.680. The fourth-order valence-corrected chi connectivity index (χ4v) is 4.76. The van der Waals surface area contributed by atoms with Gasteiger partial charge in [-0.1, -0.05) is 51.2 Å². The summed E-state index contributed by atoms with van der Waals surface area (Å²) in [6, 6.07) is 7.95. The highest BCUT2D eigenvalue weighted by Gasteiger charge is 2.40. The molecular formula is C24H36N2O3. The molecule has 3 rings (SSSR count). The number of likely N-dealkylation sites (tertiary alicyclic amines) is 1. The second-order valence-corrected chi connectivity index (χ2v) is 8.50. The molecule has 1 heterocycles. The lowest BCUT2D eigenvalue weighted by molar-refractivity contribution is -0.143. The Kier molecular flexibility index (Phi) is 7.96. The van der Waals surface area contributed by atoms with E-state index >= 15 is 0 Å². The molecule has 160 valence electrons. The van der Waals surface area contributed by atoms with E-state index in [1.165, 1.54) is 25.7 Å². The number of piperidine rings is 1. The number of unbranched alkanes of at least 4 members (excludes halogenated alkanes) is 1. The largest absolute Gasteiger partial charge is 0.497 e. The van der Waals surface area contributed by atoms with Crippen LogP contribution in [0.25, 0.3) is 0 Å². The zero-order valence-electron chi connectivity index (χ0n) is 18.0. The standard InChI is InChI=1S/C24H36N2O3/c1-3-4-17-26-22(27)16-15-21(23(26)18-11-13-20(29-2)14-12-18)24(28)25-19-9-7-5-6-8-10-19/h11-14,19,21,23H,3-10,15-17H2,1-2H3,(H,25,28)/t21-,23+/m1/s1. The summed E-state index contributed by atoms with van der Waals surface area (Å²) in [6.45, 7) is 2.84. The zero-order chi connectivity index (χ0) is 20.6. The average molecular weight is 401 g/mol. The van der Waals surface area contributed by atoms with Crippen molar-refractivity contribution in [3.63, 3.8) is 0 Å². The Morgan fingerprint density at radius 3 is 2.41 bits per heavy atom. The van der Waals surface area contributed by atoms with Crippen molar-refractivity contribution in [1.82, 2.24) is 10.2 Å². The van der Waals surface area contributed by atoms with Gasteiger partial charge >= 0.3 is 0 Å². The fourth-order valence-electron chi connectivity index (χ4n) is 4.76. The minimum absolute atomic E-state index is 0.117. The van der Waals surface area contributed by atoms with Crippen molar-refractivity contribution in [1.29, 1.82) is 0 Å². The molecule has 1 aromatic rings. The number of methoxy groups -OCH3 is 1. The van der Waals surface area contributed by atoms with Crippen LogP contribution in [-0.4, -0.2) is 36.4 Å². The first-order chi connectivity index (χ1) is 14.1. The molecule has 5 heteroatoms. The van der Waals surface area contributed by atoms with Crippen molar-refractivity contribution >= 4 is 11.8 Å². The molecule has 0 spiro atoms. The smallest absolute Gasteiger partial charge is 0.225 e. The molecule has 0 radical (unpaired) electrons. The Balaban J connectivity index is 1.83. The summed E-state index contributed by atoms with van der Waals surface area (Å²) in [7, 11) is 1.65. The Hall–Kier alpha value is -2.04. The number of hydrogen-bond acceptors (Lipinski definition) is 3. The van der Waals surface area contributed by atoms with E-state index < -0.39 is 0 Å². The van der Waals surface area contributed by atoms with Crippen LogP contribution in [0.1, 0.15) is 82.7 Å². The summed E-state index contributed by atoms with van der Waals surface area (Å²) in [5, 5.41) is 3.34. The number of ether oxygens (including phenoxy) is 1. The van der Waals surface area contributed by atoms with Gasteiger partial charge in [0.2, 0.25) is 11.8 Å². The highest BCUT2D eigenvalue weighted by atomic mass is 16.5. The lowest BCUT2D eigenvalue weighted by Crippen LogP contribution is -2.50. The van der Waals surface area contributed by atoms with Crippen LogP contribution in [0.4, 0.5) is 0 Å². The van der Waals surface area contributed by atoms with Crippen molar-refractivity contribution < 1.29 is 14.3 Å². The molecule has 1 aliphatic carbocycles. The van der Waals surface area contributed by atoms with Crippen LogP contribution in [-0.2, 0) is 9.59 Å². The summed E-state index contributed by atoms with van der Waals surface area (Å²) >= 11 is 0. The number of nitrogens with one attached hydrogen (secondary N) is 1. The third-order valence-electron chi connectivity index (χ3n) is 6.45. The van der Waals surface area contributed by atoms with Crippen LogP contribution >= 0.6 is 0 Å². The minimum atomic E-state index is -0.195. The van der Waals surface area contributed by atoms with E-state index in [-0.39, 0.29) is 29.8 Å². The topological polar surface area (TPSA) is 58.6 Å². The van der Waals surface area contributed by atoms with Gasteiger partial charge in [-0.2, -0.15) is 0 Å². The molecule has 0 aromatic heterocycles. The van der Waals surface area contributed by atoms with Gasteiger partial charge in [-0.05, 0) is 43.4 Å². The molecule has 2 amide bonds. The highest BCUT2D eigenvalue weighted by Crippen LogP contribution is 2.38. The van der Waals surface area contributed by atoms with E-state index in [1.807, 2.05) is 29.2 Å². The number of carbonyl (C=O) groups is 2. The van der Waals surface area contributed by atoms with Gasteiger partial charge < -0.3 is 15.0 Å². The van der Waals surface area contributed by atoms with E-state index in [2.05, 4.69) is 12.2 Å². The van der Waals surface area contributed by atoms with Crippen LogP contribution in [0.5, 0.6) is 5.75 Å². The molecule has 1 aromatic carbocycles. The molecule has 2 atom stereocenters. The van der Waals surface area contributed by atoms with Crippen molar-refractivity contribution in [2.24, 2.45) is 5.92 Å². The Bertz CT molecular complexity index is 665. The summed E-state index contributed by atoms with van der Waals surface area (Å²) in [5.74, 6) is 0.876. The number of hydrogen-bond donors (Lipinski definition) is 1. The van der Waals surface area contributed by atoms with Crippen molar-refractivity contribution in [2.75, 3.05) is 13.7 Å². The van der Waals surface area contributed by atoms with Crippen molar-refractivity contribution in [3.8, 4) is 5.75 Å². The van der Waals surface area contributed by atoms with Crippen LogP contribution in [0, 0.1) is 5.92 Å². The fraction of sp³-hybridized carbons (Fsp3) is 0.667. The first kappa shape index (κ1) is 21.7. The molecule has 1 aliphatic heterocycles. The van der Waals surface area contributed by atoms with Crippen LogP contribution in [0.15, 0.2) is 24.3 Å². The van der Waals surface area contributed by atoms with Gasteiger partial charge in [-0.25, -0.2) is 0 Å². The third-order valence-corrected chi connectivity index (χ3v) is 6.45. The van der Waals surface area contributed by atoms with E-state index in [4.69, 9.17) is 4.74 Å². The first-order valence-electron chi connectivity index (χ1n) is 11.4. The summed E-state index contributed by atoms with van der Waals surface area (Å²) < 4.78 is 5.30. The summed E-state index contributed by atoms with van der Waals surface area (Å²) in [4.78, 5) is 28.1. The van der Waals surface area contributed by atoms with E-state index in [9.17, 15) is 9.59 Å². The first-order valence-corrected chi connectivity index (χ1v) is 11.4. The molecule has 2 aliphatic rings. The molecule has 5 nitrogen and oxygen atoms in total. The molecule has 29 heavy (non-hydrogen) atoms. The number of carbonyl (C=O) groups excluding carboxylic acids is 2. The predicted molar refractivity (Wildman–Crippen MR) is 115 cm³/mol. The normalized spacial score (nSPS) is 23.5. The molecule has 0 bridgehead atoms.